The Labute approximate surface area is 121 Å². The molecule has 0 radical (unpaired) electrons. The van der Waals surface area contributed by atoms with Crippen molar-refractivity contribution >= 4 is 23.2 Å². The molecule has 0 atom stereocenters. The number of nitrogens with one attached hydrogen (secondary N) is 2. The molecule has 1 aromatic carbocycles. The lowest BCUT2D eigenvalue weighted by Crippen LogP contribution is -2.33. The zero-order valence-electron chi connectivity index (χ0n) is 11.0. The number of hydrogen-bond donors (Lipinski definition) is 2. The van der Waals surface area contributed by atoms with Crippen LogP contribution in [0.3, 0.4) is 0 Å². The number of nitro groups is 1. The van der Waals surface area contributed by atoms with Gasteiger partial charge in [-0.15, -0.1) is 0 Å². The molecule has 0 saturated carbocycles. The number of halogens is 1. The number of carbonyl (C=O) groups is 1. The molecule has 20 heavy (non-hydrogen) atoms. The number of nitro benzene ring substituents is 1. The van der Waals surface area contributed by atoms with Gasteiger partial charge in [0, 0.05) is 49.5 Å². The van der Waals surface area contributed by atoms with Crippen LogP contribution in [0.1, 0.15) is 10.4 Å². The van der Waals surface area contributed by atoms with Gasteiger partial charge in [0.1, 0.15) is 0 Å². The number of non-ortho nitro benzene ring substituents is 1. The lowest BCUT2D eigenvalue weighted by Gasteiger charge is -2.07. The van der Waals surface area contributed by atoms with Crippen molar-refractivity contribution in [3.05, 3.63) is 38.9 Å². The van der Waals surface area contributed by atoms with E-state index in [2.05, 4.69) is 10.6 Å². The summed E-state index contributed by atoms with van der Waals surface area (Å²) in [5.41, 5.74) is -0.0399. The minimum absolute atomic E-state index is 0.155. The van der Waals surface area contributed by atoms with E-state index in [0.717, 1.165) is 0 Å². The van der Waals surface area contributed by atoms with Crippen molar-refractivity contribution in [1.82, 2.24) is 10.6 Å². The summed E-state index contributed by atoms with van der Waals surface area (Å²) >= 11 is 5.75. The minimum atomic E-state index is -0.588. The zero-order valence-corrected chi connectivity index (χ0v) is 11.8. The monoisotopic (exact) mass is 301 g/mol. The Kier molecular flexibility index (Phi) is 6.92. The first-order valence-electron chi connectivity index (χ1n) is 5.97. The summed E-state index contributed by atoms with van der Waals surface area (Å²) in [6.07, 6.45) is 0. The van der Waals surface area contributed by atoms with Crippen molar-refractivity contribution in [2.75, 3.05) is 33.4 Å². The first kappa shape index (κ1) is 16.4. The van der Waals surface area contributed by atoms with Gasteiger partial charge in [-0.25, -0.2) is 0 Å². The molecule has 0 aliphatic heterocycles. The largest absolute Gasteiger partial charge is 0.383 e. The van der Waals surface area contributed by atoms with E-state index in [9.17, 15) is 14.9 Å². The molecule has 8 heteroatoms. The maximum Gasteiger partial charge on any atom is 0.271 e. The highest BCUT2D eigenvalue weighted by molar-refractivity contribution is 6.31. The summed E-state index contributed by atoms with van der Waals surface area (Å²) < 4.78 is 4.86. The first-order valence-corrected chi connectivity index (χ1v) is 6.35. The van der Waals surface area contributed by atoms with Crippen LogP contribution < -0.4 is 10.6 Å². The zero-order chi connectivity index (χ0) is 15.0. The number of amides is 1. The molecule has 0 bridgehead atoms. The number of methoxy groups -OCH3 is 1. The second kappa shape index (κ2) is 8.47. The molecule has 7 nitrogen and oxygen atoms in total. The van der Waals surface area contributed by atoms with E-state index in [1.807, 2.05) is 0 Å². The number of carbonyl (C=O) groups excluding carboxylic acids is 1. The number of benzene rings is 1. The highest BCUT2D eigenvalue weighted by atomic mass is 35.5. The van der Waals surface area contributed by atoms with Crippen LogP contribution in [-0.4, -0.2) is 44.2 Å². The lowest BCUT2D eigenvalue weighted by molar-refractivity contribution is -0.384. The Balaban J connectivity index is 2.49. The van der Waals surface area contributed by atoms with Gasteiger partial charge in [0.15, 0.2) is 0 Å². The smallest absolute Gasteiger partial charge is 0.271 e. The van der Waals surface area contributed by atoms with Gasteiger partial charge in [-0.3, -0.25) is 14.9 Å². The van der Waals surface area contributed by atoms with Crippen LogP contribution in [0.25, 0.3) is 0 Å². The van der Waals surface area contributed by atoms with Crippen molar-refractivity contribution in [3.63, 3.8) is 0 Å². The van der Waals surface area contributed by atoms with E-state index in [4.69, 9.17) is 16.3 Å². The third-order valence-corrected chi connectivity index (χ3v) is 2.64. The van der Waals surface area contributed by atoms with E-state index >= 15 is 0 Å². The molecule has 1 amide bonds. The third kappa shape index (κ3) is 5.52. The SMILES string of the molecule is COCCNCCNC(=O)c1cc(Cl)cc([N+](=O)[O-])c1. The molecule has 0 heterocycles. The van der Waals surface area contributed by atoms with Crippen molar-refractivity contribution in [1.29, 1.82) is 0 Å². The predicted molar refractivity (Wildman–Crippen MR) is 75.2 cm³/mol. The minimum Gasteiger partial charge on any atom is -0.383 e. The fraction of sp³-hybridized carbons (Fsp3) is 0.417. The predicted octanol–water partition coefficient (Wildman–Crippen LogP) is 1.21. The molecule has 0 aromatic heterocycles. The molecule has 1 aromatic rings. The Morgan fingerprint density at radius 3 is 2.75 bits per heavy atom. The molecule has 0 fully saturated rings. The average Bonchev–Trinajstić information content (AvgIpc) is 2.41. The van der Waals surface area contributed by atoms with Crippen LogP contribution in [-0.2, 0) is 4.74 Å². The summed E-state index contributed by atoms with van der Waals surface area (Å²) in [5.74, 6) is -0.399. The number of rotatable bonds is 8. The summed E-state index contributed by atoms with van der Waals surface area (Å²) in [6, 6.07) is 3.78. The molecule has 0 aliphatic rings. The molecular weight excluding hydrogens is 286 g/mol. The highest BCUT2D eigenvalue weighted by Crippen LogP contribution is 2.20. The van der Waals surface area contributed by atoms with E-state index in [0.29, 0.717) is 26.2 Å². The van der Waals surface area contributed by atoms with Gasteiger partial charge in [0.2, 0.25) is 0 Å². The fourth-order valence-electron chi connectivity index (χ4n) is 1.48. The van der Waals surface area contributed by atoms with Crippen molar-refractivity contribution < 1.29 is 14.5 Å². The van der Waals surface area contributed by atoms with E-state index in [1.165, 1.54) is 18.2 Å². The Hall–Kier alpha value is -1.70. The van der Waals surface area contributed by atoms with Crippen molar-refractivity contribution in [2.24, 2.45) is 0 Å². The van der Waals surface area contributed by atoms with Gasteiger partial charge >= 0.3 is 0 Å². The summed E-state index contributed by atoms with van der Waals surface area (Å²) in [4.78, 5) is 21.9. The highest BCUT2D eigenvalue weighted by Gasteiger charge is 2.13. The van der Waals surface area contributed by atoms with Crippen molar-refractivity contribution in [3.8, 4) is 0 Å². The van der Waals surface area contributed by atoms with Crippen LogP contribution in [0.5, 0.6) is 0 Å². The Bertz CT molecular complexity index is 482. The van der Waals surface area contributed by atoms with Crippen molar-refractivity contribution in [2.45, 2.75) is 0 Å². The van der Waals surface area contributed by atoms with Gasteiger partial charge in [0.05, 0.1) is 11.5 Å². The average molecular weight is 302 g/mol. The molecule has 1 rings (SSSR count). The standard InChI is InChI=1S/C12H16ClN3O4/c1-20-5-4-14-2-3-15-12(17)9-6-10(13)8-11(7-9)16(18)19/h6-8,14H,2-5H2,1H3,(H,15,17). The van der Waals surface area contributed by atoms with E-state index in [1.54, 1.807) is 7.11 Å². The quantitative estimate of drug-likeness (QED) is 0.428. The molecular formula is C12H16ClN3O4. The Morgan fingerprint density at radius 2 is 2.10 bits per heavy atom. The molecule has 2 N–H and O–H groups in total. The second-order valence-electron chi connectivity index (χ2n) is 3.95. The molecule has 0 spiro atoms. The number of hydrogen-bond acceptors (Lipinski definition) is 5. The van der Waals surface area contributed by atoms with E-state index < -0.39 is 10.8 Å². The maximum atomic E-state index is 11.8. The molecule has 110 valence electrons. The van der Waals surface area contributed by atoms with E-state index in [-0.39, 0.29) is 16.3 Å². The van der Waals surface area contributed by atoms with Gasteiger partial charge in [-0.1, -0.05) is 11.6 Å². The van der Waals surface area contributed by atoms with Crippen LogP contribution in [0.2, 0.25) is 5.02 Å². The van der Waals surface area contributed by atoms with Crippen LogP contribution >= 0.6 is 11.6 Å². The van der Waals surface area contributed by atoms with Gasteiger partial charge in [-0.2, -0.15) is 0 Å². The first-order chi connectivity index (χ1) is 9.54. The number of nitrogens with zero attached hydrogens (tertiary/aromatic N) is 1. The Morgan fingerprint density at radius 1 is 1.35 bits per heavy atom. The second-order valence-corrected chi connectivity index (χ2v) is 4.39. The summed E-state index contributed by atoms with van der Waals surface area (Å²) in [5, 5.41) is 16.5. The molecule has 0 unspecified atom stereocenters. The van der Waals surface area contributed by atoms with Crippen LogP contribution in [0.15, 0.2) is 18.2 Å². The summed E-state index contributed by atoms with van der Waals surface area (Å²) in [6.45, 7) is 2.27. The van der Waals surface area contributed by atoms with Gasteiger partial charge < -0.3 is 15.4 Å². The van der Waals surface area contributed by atoms with Crippen LogP contribution in [0, 0.1) is 10.1 Å². The summed E-state index contributed by atoms with van der Waals surface area (Å²) in [7, 11) is 1.61. The maximum absolute atomic E-state index is 11.8. The lowest BCUT2D eigenvalue weighted by atomic mass is 10.2. The van der Waals surface area contributed by atoms with Gasteiger partial charge in [0.25, 0.3) is 11.6 Å². The van der Waals surface area contributed by atoms with Crippen LogP contribution in [0.4, 0.5) is 5.69 Å². The molecule has 0 aliphatic carbocycles. The molecule has 0 saturated heterocycles. The third-order valence-electron chi connectivity index (χ3n) is 2.43. The normalized spacial score (nSPS) is 10.3. The van der Waals surface area contributed by atoms with Gasteiger partial charge in [-0.05, 0) is 6.07 Å². The topological polar surface area (TPSA) is 93.5 Å². The number of ether oxygens (including phenoxy) is 1. The fourth-order valence-corrected chi connectivity index (χ4v) is 1.71.